The van der Waals surface area contributed by atoms with Crippen molar-refractivity contribution in [1.29, 1.82) is 0 Å². The number of nitrogens with one attached hydrogen (secondary N) is 1. The second kappa shape index (κ2) is 6.56. The number of benzene rings is 2. The van der Waals surface area contributed by atoms with Gasteiger partial charge in [-0.1, -0.05) is 41.1 Å². The van der Waals surface area contributed by atoms with Gasteiger partial charge >= 0.3 is 0 Å². The highest BCUT2D eigenvalue weighted by Gasteiger charge is 2.05. The van der Waals surface area contributed by atoms with Crippen LogP contribution in [0.3, 0.4) is 0 Å². The second-order valence-corrected chi connectivity index (χ2v) is 4.73. The molecule has 0 aliphatic rings. The predicted molar refractivity (Wildman–Crippen MR) is 81.3 cm³/mol. The number of hydrogen-bond donors (Lipinski definition) is 3. The summed E-state index contributed by atoms with van der Waals surface area (Å²) in [5, 5.41) is 14.5. The molecule has 0 saturated heterocycles. The van der Waals surface area contributed by atoms with E-state index in [0.717, 1.165) is 11.1 Å². The molecule has 0 saturated carbocycles. The lowest BCUT2D eigenvalue weighted by atomic mass is 10.1. The molecule has 4 N–H and O–H groups in total. The largest absolute Gasteiger partial charge is 0.409 e. The first-order valence-corrected chi connectivity index (χ1v) is 6.52. The first kappa shape index (κ1) is 14.6. The van der Waals surface area contributed by atoms with Crippen molar-refractivity contribution < 1.29 is 10.0 Å². The van der Waals surface area contributed by atoms with E-state index in [2.05, 4.69) is 10.5 Å². The molecule has 5 nitrogen and oxygen atoms in total. The van der Waals surface area contributed by atoms with E-state index >= 15 is 0 Å². The zero-order valence-electron chi connectivity index (χ0n) is 11.7. The molecule has 0 spiro atoms. The van der Waals surface area contributed by atoms with Crippen LogP contribution in [0.15, 0.2) is 53.7 Å². The SMILES string of the molecule is Cc1ccc(C(=O)NCc2cccc(C(N)=NO)c2)cc1. The Labute approximate surface area is 123 Å². The molecular weight excluding hydrogens is 266 g/mol. The topological polar surface area (TPSA) is 87.7 Å². The van der Waals surface area contributed by atoms with Gasteiger partial charge in [-0.3, -0.25) is 4.79 Å². The summed E-state index contributed by atoms with van der Waals surface area (Å²) >= 11 is 0. The summed E-state index contributed by atoms with van der Waals surface area (Å²) in [4.78, 5) is 12.0. The Hall–Kier alpha value is -2.82. The van der Waals surface area contributed by atoms with Crippen LogP contribution < -0.4 is 11.1 Å². The number of carbonyl (C=O) groups excluding carboxylic acids is 1. The average molecular weight is 283 g/mol. The van der Waals surface area contributed by atoms with Gasteiger partial charge in [0.15, 0.2) is 5.84 Å². The number of carbonyl (C=O) groups is 1. The van der Waals surface area contributed by atoms with Crippen molar-refractivity contribution in [3.8, 4) is 0 Å². The molecule has 2 rings (SSSR count). The van der Waals surface area contributed by atoms with Gasteiger partial charge in [-0.25, -0.2) is 0 Å². The van der Waals surface area contributed by atoms with Gasteiger partial charge in [0, 0.05) is 17.7 Å². The Morgan fingerprint density at radius 1 is 1.19 bits per heavy atom. The number of oxime groups is 1. The number of rotatable bonds is 4. The van der Waals surface area contributed by atoms with E-state index < -0.39 is 0 Å². The Balaban J connectivity index is 2.03. The van der Waals surface area contributed by atoms with E-state index in [4.69, 9.17) is 10.9 Å². The van der Waals surface area contributed by atoms with Gasteiger partial charge in [0.05, 0.1) is 0 Å². The zero-order valence-corrected chi connectivity index (χ0v) is 11.7. The molecule has 1 amide bonds. The van der Waals surface area contributed by atoms with Crippen molar-refractivity contribution in [3.05, 3.63) is 70.8 Å². The van der Waals surface area contributed by atoms with E-state index in [-0.39, 0.29) is 11.7 Å². The van der Waals surface area contributed by atoms with E-state index in [1.165, 1.54) is 0 Å². The Kier molecular flexibility index (Phi) is 4.56. The summed E-state index contributed by atoms with van der Waals surface area (Å²) in [7, 11) is 0. The molecule has 2 aromatic carbocycles. The molecule has 0 bridgehead atoms. The summed E-state index contributed by atoms with van der Waals surface area (Å²) in [6.07, 6.45) is 0. The van der Waals surface area contributed by atoms with E-state index in [9.17, 15) is 4.79 Å². The van der Waals surface area contributed by atoms with E-state index in [1.54, 1.807) is 30.3 Å². The molecule has 108 valence electrons. The lowest BCUT2D eigenvalue weighted by Gasteiger charge is -2.07. The summed E-state index contributed by atoms with van der Waals surface area (Å²) in [6, 6.07) is 14.5. The monoisotopic (exact) mass is 283 g/mol. The molecule has 5 heteroatoms. The molecule has 0 aromatic heterocycles. The van der Waals surface area contributed by atoms with Crippen LogP contribution in [0.5, 0.6) is 0 Å². The minimum atomic E-state index is -0.135. The summed E-state index contributed by atoms with van der Waals surface area (Å²) in [5.41, 5.74) is 8.75. The first-order chi connectivity index (χ1) is 10.1. The Bertz CT molecular complexity index is 663. The third-order valence-corrected chi connectivity index (χ3v) is 3.10. The van der Waals surface area contributed by atoms with Crippen LogP contribution in [0.1, 0.15) is 27.0 Å². The first-order valence-electron chi connectivity index (χ1n) is 6.52. The Morgan fingerprint density at radius 2 is 1.90 bits per heavy atom. The molecule has 0 aliphatic heterocycles. The lowest BCUT2D eigenvalue weighted by molar-refractivity contribution is 0.0951. The van der Waals surface area contributed by atoms with Crippen LogP contribution in [0.4, 0.5) is 0 Å². The maximum absolute atomic E-state index is 12.0. The van der Waals surface area contributed by atoms with Crippen molar-refractivity contribution in [2.75, 3.05) is 0 Å². The molecule has 21 heavy (non-hydrogen) atoms. The van der Waals surface area contributed by atoms with Crippen LogP contribution >= 0.6 is 0 Å². The van der Waals surface area contributed by atoms with Crippen LogP contribution in [-0.4, -0.2) is 17.0 Å². The normalized spacial score (nSPS) is 11.2. The molecule has 0 heterocycles. The van der Waals surface area contributed by atoms with Gasteiger partial charge in [0.2, 0.25) is 0 Å². The third-order valence-electron chi connectivity index (χ3n) is 3.10. The summed E-state index contributed by atoms with van der Waals surface area (Å²) in [5.74, 6) is -0.0917. The zero-order chi connectivity index (χ0) is 15.2. The van der Waals surface area contributed by atoms with Crippen LogP contribution in [0.2, 0.25) is 0 Å². The quantitative estimate of drug-likeness (QED) is 0.347. The number of aryl methyl sites for hydroxylation is 1. The number of nitrogens with zero attached hydrogens (tertiary/aromatic N) is 1. The highest BCUT2D eigenvalue weighted by atomic mass is 16.4. The minimum Gasteiger partial charge on any atom is -0.409 e. The van der Waals surface area contributed by atoms with Gasteiger partial charge in [-0.05, 0) is 30.7 Å². The maximum atomic E-state index is 12.0. The second-order valence-electron chi connectivity index (χ2n) is 4.73. The Morgan fingerprint density at radius 3 is 2.57 bits per heavy atom. The van der Waals surface area contributed by atoms with Gasteiger partial charge in [0.1, 0.15) is 0 Å². The van der Waals surface area contributed by atoms with Crippen molar-refractivity contribution in [2.45, 2.75) is 13.5 Å². The van der Waals surface area contributed by atoms with Crippen LogP contribution in [0.25, 0.3) is 0 Å². The molecule has 0 unspecified atom stereocenters. The molecule has 0 fully saturated rings. The minimum absolute atomic E-state index is 0.0433. The average Bonchev–Trinajstić information content (AvgIpc) is 2.52. The fraction of sp³-hybridized carbons (Fsp3) is 0.125. The predicted octanol–water partition coefficient (Wildman–Crippen LogP) is 2.02. The van der Waals surface area contributed by atoms with Gasteiger partial charge in [-0.2, -0.15) is 0 Å². The highest BCUT2D eigenvalue weighted by molar-refractivity contribution is 5.97. The fourth-order valence-corrected chi connectivity index (χ4v) is 1.89. The number of hydrogen-bond acceptors (Lipinski definition) is 3. The van der Waals surface area contributed by atoms with Crippen LogP contribution in [0, 0.1) is 6.92 Å². The maximum Gasteiger partial charge on any atom is 0.251 e. The van der Waals surface area contributed by atoms with Gasteiger partial charge < -0.3 is 16.3 Å². The molecular formula is C16H17N3O2. The highest BCUT2D eigenvalue weighted by Crippen LogP contribution is 2.07. The molecule has 2 aromatic rings. The van der Waals surface area contributed by atoms with Crippen molar-refractivity contribution in [1.82, 2.24) is 5.32 Å². The lowest BCUT2D eigenvalue weighted by Crippen LogP contribution is -2.23. The number of amides is 1. The number of amidine groups is 1. The van der Waals surface area contributed by atoms with Crippen molar-refractivity contribution in [2.24, 2.45) is 10.9 Å². The van der Waals surface area contributed by atoms with Gasteiger partial charge in [0.25, 0.3) is 5.91 Å². The smallest absolute Gasteiger partial charge is 0.251 e. The van der Waals surface area contributed by atoms with Crippen LogP contribution in [-0.2, 0) is 6.54 Å². The summed E-state index contributed by atoms with van der Waals surface area (Å²) in [6.45, 7) is 2.35. The number of nitrogens with two attached hydrogens (primary N) is 1. The molecule has 0 radical (unpaired) electrons. The van der Waals surface area contributed by atoms with Crippen molar-refractivity contribution in [3.63, 3.8) is 0 Å². The van der Waals surface area contributed by atoms with Gasteiger partial charge in [-0.15, -0.1) is 0 Å². The van der Waals surface area contributed by atoms with Crippen molar-refractivity contribution >= 4 is 11.7 Å². The van der Waals surface area contributed by atoms with E-state index in [0.29, 0.717) is 17.7 Å². The molecule has 0 atom stereocenters. The van der Waals surface area contributed by atoms with E-state index in [1.807, 2.05) is 25.1 Å². The summed E-state index contributed by atoms with van der Waals surface area (Å²) < 4.78 is 0. The standard InChI is InChI=1S/C16H17N3O2/c1-11-5-7-13(8-6-11)16(20)18-10-12-3-2-4-14(9-12)15(17)19-21/h2-9,21H,10H2,1H3,(H2,17,19)(H,18,20). The molecule has 0 aliphatic carbocycles. The third kappa shape index (κ3) is 3.82. The fourth-order valence-electron chi connectivity index (χ4n) is 1.89.